The van der Waals surface area contributed by atoms with E-state index in [-0.39, 0.29) is 28.7 Å². The largest absolute Gasteiger partial charge is 0.502 e. The Morgan fingerprint density at radius 3 is 1.41 bits per heavy atom. The number of nitro benzene ring substituents is 2. The van der Waals surface area contributed by atoms with Gasteiger partial charge in [0, 0.05) is 12.1 Å². The van der Waals surface area contributed by atoms with Crippen molar-refractivity contribution in [2.45, 2.75) is 20.3 Å². The quantitative estimate of drug-likeness (QED) is 0.443. The van der Waals surface area contributed by atoms with Gasteiger partial charge >= 0.3 is 11.4 Å². The van der Waals surface area contributed by atoms with Gasteiger partial charge in [0.2, 0.25) is 11.5 Å². The van der Waals surface area contributed by atoms with Gasteiger partial charge in [-0.3, -0.25) is 29.8 Å². The van der Waals surface area contributed by atoms with Crippen molar-refractivity contribution in [1.82, 2.24) is 0 Å². The van der Waals surface area contributed by atoms with Crippen LogP contribution in [0.1, 0.15) is 45.7 Å². The van der Waals surface area contributed by atoms with E-state index in [0.29, 0.717) is 0 Å². The van der Waals surface area contributed by atoms with Crippen LogP contribution in [0, 0.1) is 20.2 Å². The molecule has 27 heavy (non-hydrogen) atoms. The molecule has 0 saturated heterocycles. The Kier molecular flexibility index (Phi) is 5.20. The Balaban J connectivity index is 2.63. The highest BCUT2D eigenvalue weighted by Gasteiger charge is 2.24. The molecule has 2 N–H and O–H groups in total. The van der Waals surface area contributed by atoms with E-state index in [4.69, 9.17) is 0 Å². The van der Waals surface area contributed by atoms with Crippen molar-refractivity contribution in [1.29, 1.82) is 0 Å². The average Bonchev–Trinajstić information content (AvgIpc) is 2.56. The van der Waals surface area contributed by atoms with Crippen LogP contribution in [-0.2, 0) is 6.42 Å². The van der Waals surface area contributed by atoms with Crippen LogP contribution in [-0.4, -0.2) is 31.6 Å². The van der Waals surface area contributed by atoms with Gasteiger partial charge in [-0.15, -0.1) is 0 Å². The Morgan fingerprint density at radius 2 is 1.15 bits per heavy atom. The smallest absolute Gasteiger partial charge is 0.311 e. The summed E-state index contributed by atoms with van der Waals surface area (Å²) in [5.74, 6) is -2.73. The first-order valence-electron chi connectivity index (χ1n) is 7.55. The molecule has 0 radical (unpaired) electrons. The van der Waals surface area contributed by atoms with E-state index in [9.17, 15) is 40.0 Å². The Hall–Kier alpha value is -3.82. The monoisotopic (exact) mass is 374 g/mol. The molecule has 0 aliphatic carbocycles. The highest BCUT2D eigenvalue weighted by molar-refractivity contribution is 5.99. The number of aromatic hydroxyl groups is 2. The number of nitro groups is 2. The summed E-state index contributed by atoms with van der Waals surface area (Å²) in [5.41, 5.74) is -1.45. The standard InChI is InChI=1S/C17H14N2O8/c1-8(20)12-4-10(6-14(16(12)22)18(24)25)3-11-5-13(9(2)21)17(23)15(7-11)19(26)27/h4-7,22-23H,3H2,1-2H3. The van der Waals surface area contributed by atoms with Gasteiger partial charge in [-0.05, 0) is 43.5 Å². The highest BCUT2D eigenvalue weighted by atomic mass is 16.6. The third-order valence-corrected chi connectivity index (χ3v) is 3.86. The topological polar surface area (TPSA) is 161 Å². The summed E-state index contributed by atoms with van der Waals surface area (Å²) in [4.78, 5) is 43.7. The molecule has 0 unspecified atom stereocenters. The zero-order valence-electron chi connectivity index (χ0n) is 14.3. The van der Waals surface area contributed by atoms with Gasteiger partial charge in [0.05, 0.1) is 21.0 Å². The molecule has 2 aromatic rings. The van der Waals surface area contributed by atoms with Gasteiger partial charge in [-0.2, -0.15) is 0 Å². The molecule has 2 rings (SSSR count). The minimum Gasteiger partial charge on any atom is -0.502 e. The summed E-state index contributed by atoms with van der Waals surface area (Å²) in [7, 11) is 0. The van der Waals surface area contributed by atoms with Gasteiger partial charge in [-0.25, -0.2) is 0 Å². The molecule has 10 heteroatoms. The first-order chi connectivity index (χ1) is 12.5. The Morgan fingerprint density at radius 1 is 0.815 bits per heavy atom. The van der Waals surface area contributed by atoms with Crippen LogP contribution < -0.4 is 0 Å². The molecule has 10 nitrogen and oxygen atoms in total. The number of Topliss-reactive ketones (excluding diaryl/α,β-unsaturated/α-hetero) is 2. The van der Waals surface area contributed by atoms with Crippen molar-refractivity contribution in [3.8, 4) is 11.5 Å². The molecule has 2 aromatic carbocycles. The van der Waals surface area contributed by atoms with Gasteiger partial charge in [0.1, 0.15) is 0 Å². The minimum absolute atomic E-state index is 0.108. The van der Waals surface area contributed by atoms with E-state index >= 15 is 0 Å². The number of benzene rings is 2. The van der Waals surface area contributed by atoms with E-state index in [0.717, 1.165) is 26.0 Å². The van der Waals surface area contributed by atoms with Crippen LogP contribution >= 0.6 is 0 Å². The fraction of sp³-hybridized carbons (Fsp3) is 0.176. The lowest BCUT2D eigenvalue weighted by Crippen LogP contribution is -2.03. The Labute approximate surface area is 152 Å². The first-order valence-corrected chi connectivity index (χ1v) is 7.55. The molecule has 0 aliphatic rings. The summed E-state index contributed by atoms with van der Waals surface area (Å²) in [6.07, 6.45) is -0.108. The molecule has 0 aromatic heterocycles. The van der Waals surface area contributed by atoms with E-state index < -0.39 is 44.3 Å². The molecule has 0 saturated carbocycles. The van der Waals surface area contributed by atoms with E-state index in [1.807, 2.05) is 0 Å². The second-order valence-corrected chi connectivity index (χ2v) is 5.83. The van der Waals surface area contributed by atoms with Crippen molar-refractivity contribution >= 4 is 22.9 Å². The molecule has 0 heterocycles. The zero-order chi connectivity index (χ0) is 20.5. The number of carbonyl (C=O) groups is 2. The maximum Gasteiger partial charge on any atom is 0.311 e. The van der Waals surface area contributed by atoms with Crippen LogP contribution in [0.3, 0.4) is 0 Å². The predicted octanol–water partition coefficient (Wildman–Crippen LogP) is 2.91. The van der Waals surface area contributed by atoms with Crippen LogP contribution in [0.25, 0.3) is 0 Å². The van der Waals surface area contributed by atoms with Crippen molar-refractivity contribution in [2.24, 2.45) is 0 Å². The van der Waals surface area contributed by atoms with Crippen LogP contribution in [0.4, 0.5) is 11.4 Å². The maximum absolute atomic E-state index is 11.6. The van der Waals surface area contributed by atoms with E-state index in [2.05, 4.69) is 0 Å². The molecule has 0 bridgehead atoms. The molecule has 0 fully saturated rings. The molecular formula is C17H14N2O8. The van der Waals surface area contributed by atoms with Gasteiger partial charge in [0.25, 0.3) is 0 Å². The minimum atomic E-state index is -0.856. The third kappa shape index (κ3) is 3.89. The predicted molar refractivity (Wildman–Crippen MR) is 92.3 cm³/mol. The third-order valence-electron chi connectivity index (χ3n) is 3.86. The van der Waals surface area contributed by atoms with E-state index in [1.54, 1.807) is 0 Å². The number of phenols is 2. The summed E-state index contributed by atoms with van der Waals surface area (Å²) in [5, 5.41) is 41.9. The van der Waals surface area contributed by atoms with Crippen LogP contribution in [0.15, 0.2) is 24.3 Å². The molecule has 0 atom stereocenters. The summed E-state index contributed by atoms with van der Waals surface area (Å²) in [6.45, 7) is 2.25. The lowest BCUT2D eigenvalue weighted by Gasteiger charge is -2.09. The average molecular weight is 374 g/mol. The normalized spacial score (nSPS) is 10.4. The SMILES string of the molecule is CC(=O)c1cc(Cc2cc(C(C)=O)c(O)c([N+](=O)[O-])c2)cc([N+](=O)[O-])c1O. The summed E-state index contributed by atoms with van der Waals surface area (Å²) in [6, 6.07) is 4.54. The molecule has 0 amide bonds. The summed E-state index contributed by atoms with van der Waals surface area (Å²) >= 11 is 0. The van der Waals surface area contributed by atoms with Crippen molar-refractivity contribution < 1.29 is 29.6 Å². The van der Waals surface area contributed by atoms with Gasteiger partial charge in [0.15, 0.2) is 11.6 Å². The lowest BCUT2D eigenvalue weighted by molar-refractivity contribution is -0.386. The number of rotatable bonds is 6. The van der Waals surface area contributed by atoms with Crippen LogP contribution in [0.2, 0.25) is 0 Å². The number of hydrogen-bond donors (Lipinski definition) is 2. The maximum atomic E-state index is 11.6. The molecule has 140 valence electrons. The number of phenolic OH excluding ortho intramolecular Hbond substituents is 2. The number of hydrogen-bond acceptors (Lipinski definition) is 8. The van der Waals surface area contributed by atoms with Crippen molar-refractivity contribution in [2.75, 3.05) is 0 Å². The second kappa shape index (κ2) is 7.20. The van der Waals surface area contributed by atoms with Gasteiger partial charge in [-0.1, -0.05) is 0 Å². The molecule has 0 spiro atoms. The number of ketones is 2. The van der Waals surface area contributed by atoms with Gasteiger partial charge < -0.3 is 10.2 Å². The summed E-state index contributed by atoms with van der Waals surface area (Å²) < 4.78 is 0. The molecule has 0 aliphatic heterocycles. The van der Waals surface area contributed by atoms with Crippen LogP contribution in [0.5, 0.6) is 11.5 Å². The van der Waals surface area contributed by atoms with Crippen molar-refractivity contribution in [3.05, 3.63) is 66.7 Å². The van der Waals surface area contributed by atoms with E-state index in [1.165, 1.54) is 12.1 Å². The lowest BCUT2D eigenvalue weighted by atomic mass is 9.97. The molecular weight excluding hydrogens is 360 g/mol. The second-order valence-electron chi connectivity index (χ2n) is 5.83. The number of carbonyl (C=O) groups excluding carboxylic acids is 2. The fourth-order valence-electron chi connectivity index (χ4n) is 2.61. The first kappa shape index (κ1) is 19.5. The fourth-order valence-corrected chi connectivity index (χ4v) is 2.61. The van der Waals surface area contributed by atoms with Crippen molar-refractivity contribution in [3.63, 3.8) is 0 Å². The highest BCUT2D eigenvalue weighted by Crippen LogP contribution is 2.35. The zero-order valence-corrected chi connectivity index (χ0v) is 14.3. The Bertz CT molecular complexity index is 847. The number of nitrogens with zero attached hydrogens (tertiary/aromatic N) is 2.